The molecule has 0 bridgehead atoms. The van der Waals surface area contributed by atoms with Gasteiger partial charge < -0.3 is 14.4 Å². The molecule has 8 heteroatoms. The van der Waals surface area contributed by atoms with E-state index in [9.17, 15) is 14.9 Å². The van der Waals surface area contributed by atoms with Crippen molar-refractivity contribution in [2.24, 2.45) is 5.92 Å². The number of anilines is 2. The fourth-order valence-corrected chi connectivity index (χ4v) is 5.10. The van der Waals surface area contributed by atoms with Gasteiger partial charge in [-0.1, -0.05) is 19.9 Å². The number of fused-ring (bicyclic) bond motifs is 1. The molecule has 1 aromatic heterocycles. The van der Waals surface area contributed by atoms with E-state index in [1.807, 2.05) is 37.6 Å². The molecule has 0 radical (unpaired) electrons. The van der Waals surface area contributed by atoms with Crippen molar-refractivity contribution >= 4 is 23.2 Å². The first kappa shape index (κ1) is 22.8. The quantitative estimate of drug-likeness (QED) is 0.577. The summed E-state index contributed by atoms with van der Waals surface area (Å²) in [5.41, 5.74) is 2.74. The number of nitrogens with zero attached hydrogens (tertiary/aromatic N) is 5. The van der Waals surface area contributed by atoms with Crippen LogP contribution in [0.3, 0.4) is 0 Å². The lowest BCUT2D eigenvalue weighted by Crippen LogP contribution is -2.39. The van der Waals surface area contributed by atoms with Gasteiger partial charge in [0, 0.05) is 48.6 Å². The van der Waals surface area contributed by atoms with Crippen molar-refractivity contribution in [3.8, 4) is 6.07 Å². The summed E-state index contributed by atoms with van der Waals surface area (Å²) in [5, 5.41) is 9.17. The Labute approximate surface area is 203 Å². The number of aromatic nitrogens is 2. The van der Waals surface area contributed by atoms with Gasteiger partial charge in [-0.25, -0.2) is 9.37 Å². The summed E-state index contributed by atoms with van der Waals surface area (Å²) < 4.78 is 17.1. The lowest BCUT2D eigenvalue weighted by molar-refractivity contribution is -0.124. The van der Waals surface area contributed by atoms with Crippen molar-refractivity contribution in [3.05, 3.63) is 77.1 Å². The van der Waals surface area contributed by atoms with Gasteiger partial charge in [0.05, 0.1) is 29.8 Å². The summed E-state index contributed by atoms with van der Waals surface area (Å²) >= 11 is 0. The van der Waals surface area contributed by atoms with Gasteiger partial charge in [-0.05, 0) is 42.8 Å². The predicted molar refractivity (Wildman–Crippen MR) is 129 cm³/mol. The summed E-state index contributed by atoms with van der Waals surface area (Å²) in [5.74, 6) is -0.441. The highest BCUT2D eigenvalue weighted by atomic mass is 19.1. The average molecular weight is 472 g/mol. The van der Waals surface area contributed by atoms with E-state index < -0.39 is 5.92 Å². The summed E-state index contributed by atoms with van der Waals surface area (Å²) in [4.78, 5) is 33.8. The average Bonchev–Trinajstić information content (AvgIpc) is 3.49. The summed E-state index contributed by atoms with van der Waals surface area (Å²) in [7, 11) is 0. The van der Waals surface area contributed by atoms with Crippen LogP contribution in [0, 0.1) is 30.0 Å². The molecule has 0 saturated carbocycles. The van der Waals surface area contributed by atoms with Crippen LogP contribution in [-0.4, -0.2) is 34.5 Å². The van der Waals surface area contributed by atoms with Gasteiger partial charge >= 0.3 is 0 Å². The molecule has 3 heterocycles. The molecule has 1 saturated heterocycles. The number of carbonyl (C=O) groups excluding carboxylic acids is 2. The van der Waals surface area contributed by atoms with Crippen LogP contribution in [-0.2, 0) is 21.5 Å². The van der Waals surface area contributed by atoms with Gasteiger partial charge in [0.15, 0.2) is 0 Å². The van der Waals surface area contributed by atoms with Gasteiger partial charge in [-0.3, -0.25) is 9.59 Å². The minimum Gasteiger partial charge on any atom is -0.331 e. The Morgan fingerprint density at radius 1 is 1.29 bits per heavy atom. The Hall–Kier alpha value is -3.99. The third-order valence-electron chi connectivity index (χ3n) is 7.03. The third kappa shape index (κ3) is 3.97. The predicted octanol–water partition coefficient (Wildman–Crippen LogP) is 3.93. The standard InChI is InChI=1S/C27H26FN5O2/c1-17-30-7-8-31(17)14-19-10-22-24(12-23(19)28)33(16-27(22,2)3)26(35)20-11-25(34)32(15-20)21-6-4-5-18(9-21)13-29/h4-10,12,20H,11,14-16H2,1-3H3. The first-order valence-electron chi connectivity index (χ1n) is 11.6. The molecule has 35 heavy (non-hydrogen) atoms. The molecule has 0 N–H and O–H groups in total. The number of carbonyl (C=O) groups is 2. The van der Waals surface area contributed by atoms with Crippen molar-refractivity contribution in [1.29, 1.82) is 5.26 Å². The molecule has 5 rings (SSSR count). The van der Waals surface area contributed by atoms with E-state index in [1.165, 1.54) is 6.07 Å². The second kappa shape index (κ2) is 8.35. The van der Waals surface area contributed by atoms with Crippen LogP contribution in [0.2, 0.25) is 0 Å². The number of rotatable bonds is 4. The van der Waals surface area contributed by atoms with Crippen LogP contribution in [0.1, 0.15) is 42.8 Å². The van der Waals surface area contributed by atoms with Crippen LogP contribution in [0.15, 0.2) is 48.8 Å². The highest BCUT2D eigenvalue weighted by Gasteiger charge is 2.44. The first-order valence-corrected chi connectivity index (χ1v) is 11.6. The molecule has 2 aromatic carbocycles. The first-order chi connectivity index (χ1) is 16.7. The number of halogens is 1. The Kier molecular flexibility index (Phi) is 5.43. The number of benzene rings is 2. The van der Waals surface area contributed by atoms with E-state index in [0.29, 0.717) is 35.6 Å². The van der Waals surface area contributed by atoms with Gasteiger partial charge in [-0.2, -0.15) is 5.26 Å². The molecular weight excluding hydrogens is 445 g/mol. The fraction of sp³-hybridized carbons (Fsp3) is 0.333. The SMILES string of the molecule is Cc1nccn1Cc1cc2c(cc1F)N(C(=O)C1CC(=O)N(c3cccc(C#N)c3)C1)CC2(C)C. The van der Waals surface area contributed by atoms with Gasteiger partial charge in [-0.15, -0.1) is 0 Å². The molecule has 2 amide bonds. The van der Waals surface area contributed by atoms with E-state index >= 15 is 4.39 Å². The molecule has 0 aliphatic carbocycles. The highest BCUT2D eigenvalue weighted by Crippen LogP contribution is 2.43. The number of hydrogen-bond donors (Lipinski definition) is 0. The van der Waals surface area contributed by atoms with Crippen LogP contribution in [0.4, 0.5) is 15.8 Å². The maximum Gasteiger partial charge on any atom is 0.232 e. The lowest BCUT2D eigenvalue weighted by Gasteiger charge is -2.23. The maximum atomic E-state index is 15.2. The Balaban J connectivity index is 1.41. The van der Waals surface area contributed by atoms with Gasteiger partial charge in [0.1, 0.15) is 11.6 Å². The van der Waals surface area contributed by atoms with Crippen LogP contribution in [0.25, 0.3) is 0 Å². The molecule has 1 atom stereocenters. The van der Waals surface area contributed by atoms with Crippen LogP contribution in [0.5, 0.6) is 0 Å². The van der Waals surface area contributed by atoms with Crippen molar-refractivity contribution in [3.63, 3.8) is 0 Å². The minimum atomic E-state index is -0.536. The Bertz CT molecular complexity index is 1390. The summed E-state index contributed by atoms with van der Waals surface area (Å²) in [6.07, 6.45) is 3.59. The van der Waals surface area contributed by atoms with Crippen molar-refractivity contribution in [2.75, 3.05) is 22.9 Å². The maximum absolute atomic E-state index is 15.2. The minimum absolute atomic E-state index is 0.0857. The van der Waals surface area contributed by atoms with Crippen molar-refractivity contribution in [2.45, 2.75) is 39.2 Å². The molecule has 7 nitrogen and oxygen atoms in total. The number of imidazole rings is 1. The second-order valence-electron chi connectivity index (χ2n) is 9.94. The van der Waals surface area contributed by atoms with Gasteiger partial charge in [0.25, 0.3) is 0 Å². The zero-order valence-corrected chi connectivity index (χ0v) is 20.0. The zero-order chi connectivity index (χ0) is 24.9. The van der Waals surface area contributed by atoms with E-state index in [-0.39, 0.29) is 36.0 Å². The fourth-order valence-electron chi connectivity index (χ4n) is 5.10. The lowest BCUT2D eigenvalue weighted by atomic mass is 9.86. The largest absolute Gasteiger partial charge is 0.331 e. The van der Waals surface area contributed by atoms with Gasteiger partial charge in [0.2, 0.25) is 11.8 Å². The zero-order valence-electron chi connectivity index (χ0n) is 20.0. The monoisotopic (exact) mass is 471 g/mol. The van der Waals surface area contributed by atoms with Crippen LogP contribution >= 0.6 is 0 Å². The number of nitriles is 1. The molecule has 3 aromatic rings. The third-order valence-corrected chi connectivity index (χ3v) is 7.03. The molecule has 1 fully saturated rings. The summed E-state index contributed by atoms with van der Waals surface area (Å²) in [6, 6.07) is 12.2. The Morgan fingerprint density at radius 3 is 2.80 bits per heavy atom. The topological polar surface area (TPSA) is 82.2 Å². The van der Waals surface area contributed by atoms with Crippen molar-refractivity contribution < 1.29 is 14.0 Å². The highest BCUT2D eigenvalue weighted by molar-refractivity contribution is 6.05. The smallest absolute Gasteiger partial charge is 0.232 e. The molecule has 2 aliphatic heterocycles. The van der Waals surface area contributed by atoms with E-state index in [1.54, 1.807) is 40.3 Å². The molecular formula is C27H26FN5O2. The summed E-state index contributed by atoms with van der Waals surface area (Å²) in [6.45, 7) is 6.98. The van der Waals surface area contributed by atoms with E-state index in [4.69, 9.17) is 0 Å². The molecule has 1 unspecified atom stereocenters. The normalized spacial score (nSPS) is 18.6. The van der Waals surface area contributed by atoms with Crippen molar-refractivity contribution in [1.82, 2.24) is 9.55 Å². The van der Waals surface area contributed by atoms with E-state index in [0.717, 1.165) is 11.4 Å². The van der Waals surface area contributed by atoms with E-state index in [2.05, 4.69) is 11.1 Å². The van der Waals surface area contributed by atoms with Crippen LogP contribution < -0.4 is 9.80 Å². The molecule has 2 aliphatic rings. The number of amides is 2. The second-order valence-corrected chi connectivity index (χ2v) is 9.94. The number of aryl methyl sites for hydroxylation is 1. The molecule has 0 spiro atoms. The Morgan fingerprint density at radius 2 is 2.09 bits per heavy atom. The molecule has 178 valence electrons. The number of hydrogen-bond acceptors (Lipinski definition) is 4.